The molecule has 0 aliphatic carbocycles. The summed E-state index contributed by atoms with van der Waals surface area (Å²) < 4.78 is 4.88. The molecule has 0 saturated carbocycles. The van der Waals surface area contributed by atoms with Crippen molar-refractivity contribution in [2.75, 3.05) is 30.8 Å². The van der Waals surface area contributed by atoms with Crippen molar-refractivity contribution in [3.63, 3.8) is 0 Å². The predicted molar refractivity (Wildman–Crippen MR) is 91.0 cm³/mol. The van der Waals surface area contributed by atoms with Gasteiger partial charge in [0.25, 0.3) is 0 Å². The summed E-state index contributed by atoms with van der Waals surface area (Å²) in [5.74, 6) is 0.673. The van der Waals surface area contributed by atoms with E-state index in [0.717, 1.165) is 42.1 Å². The molecule has 120 valence electrons. The molecule has 1 saturated heterocycles. The summed E-state index contributed by atoms with van der Waals surface area (Å²) in [4.78, 5) is 18.7. The number of ether oxygens (including phenoxy) is 1. The van der Waals surface area contributed by atoms with Crippen LogP contribution in [0.4, 0.5) is 11.5 Å². The van der Waals surface area contributed by atoms with Crippen molar-refractivity contribution in [2.24, 2.45) is 5.92 Å². The third-order valence-corrected chi connectivity index (χ3v) is 4.20. The normalized spacial score (nSPS) is 17.8. The maximum atomic E-state index is 11.8. The van der Waals surface area contributed by atoms with Crippen LogP contribution in [0.2, 0.25) is 0 Å². The number of carbonyl (C=O) groups excluding carboxylic acids is 1. The van der Waals surface area contributed by atoms with Gasteiger partial charge in [-0.2, -0.15) is 0 Å². The van der Waals surface area contributed by atoms with E-state index in [1.165, 1.54) is 7.11 Å². The van der Waals surface area contributed by atoms with Gasteiger partial charge in [0.1, 0.15) is 5.82 Å². The Bertz CT molecular complexity index is 702. The molecule has 5 heteroatoms. The molecule has 0 spiro atoms. The van der Waals surface area contributed by atoms with E-state index in [0.29, 0.717) is 6.54 Å². The highest BCUT2D eigenvalue weighted by atomic mass is 16.5. The maximum absolute atomic E-state index is 11.8. The fourth-order valence-corrected chi connectivity index (χ4v) is 3.00. The summed E-state index contributed by atoms with van der Waals surface area (Å²) in [5, 5.41) is 0. The molecule has 1 aliphatic rings. The Labute approximate surface area is 136 Å². The molecule has 1 aromatic heterocycles. The van der Waals surface area contributed by atoms with Crippen LogP contribution in [-0.4, -0.2) is 31.2 Å². The Balaban J connectivity index is 1.83. The van der Waals surface area contributed by atoms with Crippen LogP contribution in [-0.2, 0) is 9.53 Å². The van der Waals surface area contributed by atoms with E-state index in [9.17, 15) is 4.79 Å². The minimum Gasteiger partial charge on any atom is -0.469 e. The zero-order valence-electron chi connectivity index (χ0n) is 13.2. The Morgan fingerprint density at radius 1 is 1.30 bits per heavy atom. The molecular formula is C18H21N3O2. The summed E-state index contributed by atoms with van der Waals surface area (Å²) in [6, 6.07) is 13.6. The first-order valence-corrected chi connectivity index (χ1v) is 7.83. The number of piperidine rings is 1. The van der Waals surface area contributed by atoms with Gasteiger partial charge in [-0.05, 0) is 37.1 Å². The van der Waals surface area contributed by atoms with E-state index in [1.807, 2.05) is 42.5 Å². The van der Waals surface area contributed by atoms with E-state index in [2.05, 4.69) is 4.90 Å². The molecule has 0 bridgehead atoms. The first-order valence-electron chi connectivity index (χ1n) is 7.83. The molecule has 1 fully saturated rings. The van der Waals surface area contributed by atoms with Gasteiger partial charge in [0.2, 0.25) is 0 Å². The molecule has 2 aromatic rings. The molecule has 0 amide bonds. The summed E-state index contributed by atoms with van der Waals surface area (Å²) >= 11 is 0. The molecule has 5 nitrogen and oxygen atoms in total. The highest BCUT2D eigenvalue weighted by Gasteiger charge is 2.27. The van der Waals surface area contributed by atoms with Crippen LogP contribution in [0.1, 0.15) is 12.8 Å². The first kappa shape index (κ1) is 15.3. The van der Waals surface area contributed by atoms with Crippen LogP contribution >= 0.6 is 0 Å². The van der Waals surface area contributed by atoms with Crippen LogP contribution in [0.15, 0.2) is 42.5 Å². The predicted octanol–water partition coefficient (Wildman–Crippen LogP) is 2.72. The van der Waals surface area contributed by atoms with Crippen molar-refractivity contribution in [3.05, 3.63) is 42.5 Å². The van der Waals surface area contributed by atoms with Crippen molar-refractivity contribution in [2.45, 2.75) is 12.8 Å². The number of hydrogen-bond donors (Lipinski definition) is 1. The van der Waals surface area contributed by atoms with Crippen LogP contribution < -0.4 is 10.6 Å². The number of esters is 1. The van der Waals surface area contributed by atoms with Gasteiger partial charge in [0.05, 0.1) is 18.7 Å². The average Bonchev–Trinajstić information content (AvgIpc) is 2.61. The zero-order valence-corrected chi connectivity index (χ0v) is 13.2. The van der Waals surface area contributed by atoms with Gasteiger partial charge < -0.3 is 15.4 Å². The molecule has 1 aromatic carbocycles. The van der Waals surface area contributed by atoms with Gasteiger partial charge in [-0.1, -0.05) is 18.2 Å². The van der Waals surface area contributed by atoms with E-state index >= 15 is 0 Å². The van der Waals surface area contributed by atoms with E-state index in [1.54, 1.807) is 0 Å². The lowest BCUT2D eigenvalue weighted by Crippen LogP contribution is -2.39. The van der Waals surface area contributed by atoms with E-state index in [-0.39, 0.29) is 11.9 Å². The smallest absolute Gasteiger partial charge is 0.310 e. The Morgan fingerprint density at radius 2 is 2.13 bits per heavy atom. The Morgan fingerprint density at radius 3 is 2.91 bits per heavy atom. The molecular weight excluding hydrogens is 290 g/mol. The van der Waals surface area contributed by atoms with Crippen LogP contribution in [0, 0.1) is 5.92 Å². The van der Waals surface area contributed by atoms with Gasteiger partial charge in [-0.3, -0.25) is 4.79 Å². The van der Waals surface area contributed by atoms with Gasteiger partial charge in [0.15, 0.2) is 0 Å². The number of carbonyl (C=O) groups is 1. The van der Waals surface area contributed by atoms with Gasteiger partial charge in [-0.25, -0.2) is 4.98 Å². The third-order valence-electron chi connectivity index (χ3n) is 4.20. The van der Waals surface area contributed by atoms with E-state index < -0.39 is 0 Å². The maximum Gasteiger partial charge on any atom is 0.310 e. The second-order valence-corrected chi connectivity index (χ2v) is 5.81. The zero-order chi connectivity index (χ0) is 16.2. The lowest BCUT2D eigenvalue weighted by Gasteiger charge is -2.32. The van der Waals surface area contributed by atoms with E-state index in [4.69, 9.17) is 15.5 Å². The summed E-state index contributed by atoms with van der Waals surface area (Å²) in [5.41, 5.74) is 8.45. The minimum atomic E-state index is -0.137. The second-order valence-electron chi connectivity index (χ2n) is 5.81. The Hall–Kier alpha value is -2.56. The molecule has 2 N–H and O–H groups in total. The third kappa shape index (κ3) is 3.44. The van der Waals surface area contributed by atoms with Crippen LogP contribution in [0.5, 0.6) is 0 Å². The number of nitrogens with two attached hydrogens (primary N) is 1. The Kier molecular flexibility index (Phi) is 4.46. The van der Waals surface area contributed by atoms with Crippen LogP contribution in [0.3, 0.4) is 0 Å². The number of hydrogen-bond acceptors (Lipinski definition) is 5. The molecule has 23 heavy (non-hydrogen) atoms. The summed E-state index contributed by atoms with van der Waals surface area (Å²) in [6.45, 7) is 1.56. The number of nitrogens with zero attached hydrogens (tertiary/aromatic N) is 2. The minimum absolute atomic E-state index is 0.0772. The number of methoxy groups -OCH3 is 1. The SMILES string of the molecule is COC(=O)C1CCCN(c2cccc(-c3cccc(N)c3)n2)C1. The largest absolute Gasteiger partial charge is 0.469 e. The van der Waals surface area contributed by atoms with Gasteiger partial charge >= 0.3 is 5.97 Å². The van der Waals surface area contributed by atoms with Crippen LogP contribution in [0.25, 0.3) is 11.3 Å². The fourth-order valence-electron chi connectivity index (χ4n) is 3.00. The van der Waals surface area contributed by atoms with Gasteiger partial charge in [0, 0.05) is 24.3 Å². The number of pyridine rings is 1. The number of aromatic nitrogens is 1. The summed E-state index contributed by atoms with van der Waals surface area (Å²) in [6.07, 6.45) is 1.84. The lowest BCUT2D eigenvalue weighted by atomic mass is 9.98. The highest BCUT2D eigenvalue weighted by molar-refractivity contribution is 5.73. The molecule has 0 radical (unpaired) electrons. The first-order chi connectivity index (χ1) is 11.2. The quantitative estimate of drug-likeness (QED) is 0.697. The average molecular weight is 311 g/mol. The number of anilines is 2. The standard InChI is InChI=1S/C18H21N3O2/c1-23-18(22)14-6-4-10-21(12-14)17-9-3-8-16(20-17)13-5-2-7-15(19)11-13/h2-3,5,7-9,11,14H,4,6,10,12,19H2,1H3. The number of benzene rings is 1. The fraction of sp³-hybridized carbons (Fsp3) is 0.333. The number of nitrogen functional groups attached to an aromatic ring is 1. The topological polar surface area (TPSA) is 68.5 Å². The molecule has 1 unspecified atom stereocenters. The molecule has 1 atom stereocenters. The van der Waals surface area contributed by atoms with Crippen molar-refractivity contribution in [3.8, 4) is 11.3 Å². The molecule has 3 rings (SSSR count). The van der Waals surface area contributed by atoms with Gasteiger partial charge in [-0.15, -0.1) is 0 Å². The van der Waals surface area contributed by atoms with Crippen molar-refractivity contribution in [1.82, 2.24) is 4.98 Å². The molecule has 2 heterocycles. The molecule has 1 aliphatic heterocycles. The highest BCUT2D eigenvalue weighted by Crippen LogP contribution is 2.26. The monoisotopic (exact) mass is 311 g/mol. The summed E-state index contributed by atoms with van der Waals surface area (Å²) in [7, 11) is 1.44. The lowest BCUT2D eigenvalue weighted by molar-refractivity contribution is -0.145. The van der Waals surface area contributed by atoms with Crippen molar-refractivity contribution in [1.29, 1.82) is 0 Å². The number of rotatable bonds is 3. The van der Waals surface area contributed by atoms with Crippen molar-refractivity contribution >= 4 is 17.5 Å². The van der Waals surface area contributed by atoms with Crippen molar-refractivity contribution < 1.29 is 9.53 Å². The second kappa shape index (κ2) is 6.69.